The van der Waals surface area contributed by atoms with E-state index in [2.05, 4.69) is 0 Å². The lowest BCUT2D eigenvalue weighted by atomic mass is 10.1. The van der Waals surface area contributed by atoms with E-state index in [0.717, 1.165) is 0 Å². The highest BCUT2D eigenvalue weighted by Gasteiger charge is 2.16. The van der Waals surface area contributed by atoms with Crippen LogP contribution in [0.4, 0.5) is 20.2 Å². The molecule has 0 spiro atoms. The third-order valence-corrected chi connectivity index (χ3v) is 2.90. The van der Waals surface area contributed by atoms with Crippen molar-refractivity contribution in [2.45, 2.75) is 6.92 Å². The van der Waals surface area contributed by atoms with E-state index in [-0.39, 0.29) is 5.56 Å². The van der Waals surface area contributed by atoms with Crippen molar-refractivity contribution < 1.29 is 13.6 Å². The zero-order chi connectivity index (χ0) is 13.8. The molecule has 0 aliphatic rings. The van der Waals surface area contributed by atoms with Crippen molar-refractivity contribution in [2.75, 3.05) is 11.4 Å². The second-order valence-electron chi connectivity index (χ2n) is 3.99. The molecule has 2 aromatic rings. The SMILES string of the molecule is CCN(c1ccccc1F)c1cccc(F)c1C=O. The van der Waals surface area contributed by atoms with Crippen molar-refractivity contribution in [3.05, 3.63) is 59.7 Å². The molecule has 0 saturated heterocycles. The predicted molar refractivity (Wildman–Crippen MR) is 70.9 cm³/mol. The Kier molecular flexibility index (Phi) is 3.90. The summed E-state index contributed by atoms with van der Waals surface area (Å²) in [6, 6.07) is 10.5. The number of aldehydes is 1. The van der Waals surface area contributed by atoms with Crippen LogP contribution in [-0.4, -0.2) is 12.8 Å². The first-order chi connectivity index (χ1) is 9.19. The number of carbonyl (C=O) groups is 1. The van der Waals surface area contributed by atoms with Crippen molar-refractivity contribution in [2.24, 2.45) is 0 Å². The lowest BCUT2D eigenvalue weighted by Crippen LogP contribution is -2.19. The molecule has 0 aliphatic carbocycles. The molecule has 0 amide bonds. The van der Waals surface area contributed by atoms with Crippen LogP contribution in [0, 0.1) is 11.6 Å². The highest BCUT2D eigenvalue weighted by atomic mass is 19.1. The van der Waals surface area contributed by atoms with Gasteiger partial charge in [-0.25, -0.2) is 8.78 Å². The maximum absolute atomic E-state index is 13.8. The molecular formula is C15H13F2NO. The first-order valence-corrected chi connectivity index (χ1v) is 5.94. The van der Waals surface area contributed by atoms with Gasteiger partial charge < -0.3 is 4.90 Å². The number of rotatable bonds is 4. The van der Waals surface area contributed by atoms with Crippen molar-refractivity contribution in [1.29, 1.82) is 0 Å². The summed E-state index contributed by atoms with van der Waals surface area (Å²) >= 11 is 0. The van der Waals surface area contributed by atoms with Gasteiger partial charge in [0.2, 0.25) is 0 Å². The molecule has 0 aromatic heterocycles. The van der Waals surface area contributed by atoms with Crippen LogP contribution in [0.1, 0.15) is 17.3 Å². The number of nitrogens with zero attached hydrogens (tertiary/aromatic N) is 1. The Hall–Kier alpha value is -2.23. The summed E-state index contributed by atoms with van der Waals surface area (Å²) in [4.78, 5) is 12.6. The van der Waals surface area contributed by atoms with Gasteiger partial charge in [0.25, 0.3) is 0 Å². The summed E-state index contributed by atoms with van der Waals surface area (Å²) in [5.41, 5.74) is 0.619. The number of para-hydroxylation sites is 1. The van der Waals surface area contributed by atoms with Crippen LogP contribution in [0.15, 0.2) is 42.5 Å². The van der Waals surface area contributed by atoms with E-state index in [0.29, 0.717) is 24.2 Å². The van der Waals surface area contributed by atoms with Crippen LogP contribution < -0.4 is 4.90 Å². The van der Waals surface area contributed by atoms with E-state index in [4.69, 9.17) is 0 Å². The Balaban J connectivity index is 2.58. The van der Waals surface area contributed by atoms with Crippen LogP contribution in [0.25, 0.3) is 0 Å². The summed E-state index contributed by atoms with van der Waals surface area (Å²) in [5, 5.41) is 0. The minimum absolute atomic E-state index is 0.0624. The third-order valence-electron chi connectivity index (χ3n) is 2.90. The lowest BCUT2D eigenvalue weighted by molar-refractivity contribution is 0.112. The first kappa shape index (κ1) is 13.2. The van der Waals surface area contributed by atoms with Crippen LogP contribution in [0.5, 0.6) is 0 Å². The van der Waals surface area contributed by atoms with E-state index >= 15 is 0 Å². The molecule has 0 N–H and O–H groups in total. The van der Waals surface area contributed by atoms with Crippen molar-refractivity contribution in [3.63, 3.8) is 0 Å². The van der Waals surface area contributed by atoms with E-state index in [1.807, 2.05) is 6.92 Å². The molecule has 0 radical (unpaired) electrons. The third kappa shape index (κ3) is 2.47. The number of hydrogen-bond acceptors (Lipinski definition) is 2. The maximum Gasteiger partial charge on any atom is 0.155 e. The number of carbonyl (C=O) groups excluding carboxylic acids is 1. The summed E-state index contributed by atoms with van der Waals surface area (Å²) < 4.78 is 27.4. The Bertz CT molecular complexity index is 598. The van der Waals surface area contributed by atoms with E-state index in [9.17, 15) is 13.6 Å². The van der Waals surface area contributed by atoms with Gasteiger partial charge in [-0.05, 0) is 31.2 Å². The van der Waals surface area contributed by atoms with Gasteiger partial charge in [-0.2, -0.15) is 0 Å². The molecular weight excluding hydrogens is 248 g/mol. The molecule has 19 heavy (non-hydrogen) atoms. The second kappa shape index (κ2) is 5.61. The minimum atomic E-state index is -0.609. The Morgan fingerprint density at radius 1 is 1.00 bits per heavy atom. The van der Waals surface area contributed by atoms with Gasteiger partial charge in [0, 0.05) is 6.54 Å². The molecule has 0 heterocycles. The fourth-order valence-corrected chi connectivity index (χ4v) is 2.02. The highest BCUT2D eigenvalue weighted by molar-refractivity contribution is 5.87. The number of anilines is 2. The van der Waals surface area contributed by atoms with Crippen LogP contribution in [0.2, 0.25) is 0 Å². The molecule has 0 unspecified atom stereocenters. The standard InChI is InChI=1S/C15H13F2NO/c1-2-18(15-8-4-3-6-13(15)17)14-9-5-7-12(16)11(14)10-19/h3-10H,2H2,1H3. The molecule has 2 nitrogen and oxygen atoms in total. The Labute approximate surface area is 110 Å². The number of benzene rings is 2. The predicted octanol–water partition coefficient (Wildman–Crippen LogP) is 3.94. The minimum Gasteiger partial charge on any atom is -0.339 e. The van der Waals surface area contributed by atoms with Crippen molar-refractivity contribution in [1.82, 2.24) is 0 Å². The molecule has 0 bridgehead atoms. The lowest BCUT2D eigenvalue weighted by Gasteiger charge is -2.25. The molecule has 2 aromatic carbocycles. The first-order valence-electron chi connectivity index (χ1n) is 5.94. The smallest absolute Gasteiger partial charge is 0.155 e. The molecule has 0 atom stereocenters. The zero-order valence-electron chi connectivity index (χ0n) is 10.4. The normalized spacial score (nSPS) is 10.3. The summed E-state index contributed by atoms with van der Waals surface area (Å²) in [5.74, 6) is -1.02. The van der Waals surface area contributed by atoms with Gasteiger partial charge in [-0.15, -0.1) is 0 Å². The zero-order valence-corrected chi connectivity index (χ0v) is 10.4. The Morgan fingerprint density at radius 3 is 2.26 bits per heavy atom. The fraction of sp³-hybridized carbons (Fsp3) is 0.133. The molecule has 4 heteroatoms. The second-order valence-corrected chi connectivity index (χ2v) is 3.99. The van der Waals surface area contributed by atoms with Crippen LogP contribution >= 0.6 is 0 Å². The molecule has 0 saturated carbocycles. The quantitative estimate of drug-likeness (QED) is 0.777. The fourth-order valence-electron chi connectivity index (χ4n) is 2.02. The van der Waals surface area contributed by atoms with E-state index < -0.39 is 11.6 Å². The van der Waals surface area contributed by atoms with Gasteiger partial charge >= 0.3 is 0 Å². The van der Waals surface area contributed by atoms with Crippen molar-refractivity contribution >= 4 is 17.7 Å². The van der Waals surface area contributed by atoms with Crippen LogP contribution in [-0.2, 0) is 0 Å². The average Bonchev–Trinajstić information content (AvgIpc) is 2.42. The molecule has 0 aliphatic heterocycles. The summed E-state index contributed by atoms with van der Waals surface area (Å²) in [6.07, 6.45) is 0.453. The van der Waals surface area contributed by atoms with Gasteiger partial charge in [0.15, 0.2) is 6.29 Å². The molecule has 98 valence electrons. The monoisotopic (exact) mass is 261 g/mol. The maximum atomic E-state index is 13.8. The van der Waals surface area contributed by atoms with Gasteiger partial charge in [0.1, 0.15) is 11.6 Å². The number of hydrogen-bond donors (Lipinski definition) is 0. The van der Waals surface area contributed by atoms with E-state index in [1.165, 1.54) is 18.2 Å². The van der Waals surface area contributed by atoms with Crippen LogP contribution in [0.3, 0.4) is 0 Å². The average molecular weight is 261 g/mol. The Morgan fingerprint density at radius 2 is 1.63 bits per heavy atom. The summed E-state index contributed by atoms with van der Waals surface area (Å²) in [7, 11) is 0. The van der Waals surface area contributed by atoms with Crippen molar-refractivity contribution in [3.8, 4) is 0 Å². The van der Waals surface area contributed by atoms with Gasteiger partial charge in [-0.1, -0.05) is 18.2 Å². The molecule has 0 fully saturated rings. The largest absolute Gasteiger partial charge is 0.339 e. The highest BCUT2D eigenvalue weighted by Crippen LogP contribution is 2.30. The van der Waals surface area contributed by atoms with E-state index in [1.54, 1.807) is 29.2 Å². The van der Waals surface area contributed by atoms with Gasteiger partial charge in [-0.3, -0.25) is 4.79 Å². The topological polar surface area (TPSA) is 20.3 Å². The molecule has 2 rings (SSSR count). The van der Waals surface area contributed by atoms with Gasteiger partial charge in [0.05, 0.1) is 16.9 Å². The summed E-state index contributed by atoms with van der Waals surface area (Å²) in [6.45, 7) is 2.23. The number of halogens is 2.